The molecule has 1 aromatic carbocycles. The summed E-state index contributed by atoms with van der Waals surface area (Å²) in [5.74, 6) is 0. The summed E-state index contributed by atoms with van der Waals surface area (Å²) < 4.78 is 14.6. The number of rotatable bonds is 5. The number of carbonyl (C=O) groups excluding carboxylic acids is 1. The summed E-state index contributed by atoms with van der Waals surface area (Å²) >= 11 is 0. The van der Waals surface area contributed by atoms with Crippen LogP contribution >= 0.6 is 0 Å². The smallest absolute Gasteiger partial charge is 0.125 e. The molecule has 2 aromatic heterocycles. The summed E-state index contributed by atoms with van der Waals surface area (Å²) in [6.07, 6.45) is 3.45. The Labute approximate surface area is 116 Å². The first-order valence-corrected chi connectivity index (χ1v) is 6.70. The van der Waals surface area contributed by atoms with Crippen molar-refractivity contribution in [3.8, 4) is 0 Å². The Hall–Kier alpha value is -2.23. The van der Waals surface area contributed by atoms with Crippen LogP contribution in [0.1, 0.15) is 12.1 Å². The fraction of sp³-hybridized carbons (Fsp3) is 0.250. The van der Waals surface area contributed by atoms with Crippen LogP contribution in [0.15, 0.2) is 36.5 Å². The van der Waals surface area contributed by atoms with E-state index in [4.69, 9.17) is 0 Å². The standard InChI is InChI=1S/C16H15FN2O/c17-7-3-8-19-15-5-2-1-4-13(15)14-10-12(6-9-20)18-11-16(14)19/h1-2,4-5,9-11H,3,6-8H2. The van der Waals surface area contributed by atoms with E-state index in [0.29, 0.717) is 19.4 Å². The van der Waals surface area contributed by atoms with E-state index < -0.39 is 0 Å². The zero-order valence-corrected chi connectivity index (χ0v) is 11.1. The number of nitrogens with zero attached hydrogens (tertiary/aromatic N) is 2. The van der Waals surface area contributed by atoms with Crippen molar-refractivity contribution in [2.75, 3.05) is 6.67 Å². The maximum absolute atomic E-state index is 12.5. The first-order valence-electron chi connectivity index (χ1n) is 6.70. The minimum atomic E-state index is -0.329. The number of para-hydroxylation sites is 1. The van der Waals surface area contributed by atoms with Crippen LogP contribution in [0.2, 0.25) is 0 Å². The Kier molecular flexibility index (Phi) is 3.46. The van der Waals surface area contributed by atoms with Gasteiger partial charge in [-0.1, -0.05) is 18.2 Å². The summed E-state index contributed by atoms with van der Waals surface area (Å²) in [4.78, 5) is 14.9. The molecule has 0 bridgehead atoms. The predicted octanol–water partition coefficient (Wildman–Crippen LogP) is 3.29. The van der Waals surface area contributed by atoms with Gasteiger partial charge in [0.1, 0.15) is 6.29 Å². The van der Waals surface area contributed by atoms with E-state index in [1.54, 1.807) is 6.20 Å². The molecule has 3 aromatic rings. The number of fused-ring (bicyclic) bond motifs is 3. The summed E-state index contributed by atoms with van der Waals surface area (Å²) in [5.41, 5.74) is 2.84. The van der Waals surface area contributed by atoms with Gasteiger partial charge in [-0.3, -0.25) is 9.37 Å². The summed E-state index contributed by atoms with van der Waals surface area (Å²) in [6, 6.07) is 10.0. The van der Waals surface area contributed by atoms with Crippen LogP contribution in [0.25, 0.3) is 21.8 Å². The van der Waals surface area contributed by atoms with Gasteiger partial charge in [-0.2, -0.15) is 0 Å². The highest BCUT2D eigenvalue weighted by molar-refractivity contribution is 6.07. The number of hydrogen-bond acceptors (Lipinski definition) is 2. The zero-order valence-electron chi connectivity index (χ0n) is 11.1. The monoisotopic (exact) mass is 270 g/mol. The molecule has 3 nitrogen and oxygen atoms in total. The number of aldehydes is 1. The number of carbonyl (C=O) groups is 1. The highest BCUT2D eigenvalue weighted by Gasteiger charge is 2.11. The topological polar surface area (TPSA) is 34.9 Å². The van der Waals surface area contributed by atoms with Crippen LogP contribution in [0, 0.1) is 0 Å². The lowest BCUT2D eigenvalue weighted by Gasteiger charge is -2.05. The van der Waals surface area contributed by atoms with E-state index in [-0.39, 0.29) is 6.67 Å². The minimum absolute atomic E-state index is 0.319. The Morgan fingerprint density at radius 3 is 2.85 bits per heavy atom. The predicted molar refractivity (Wildman–Crippen MR) is 77.6 cm³/mol. The summed E-state index contributed by atoms with van der Waals surface area (Å²) in [5, 5.41) is 2.20. The number of alkyl halides is 1. The van der Waals surface area contributed by atoms with Gasteiger partial charge in [0.05, 0.1) is 18.4 Å². The van der Waals surface area contributed by atoms with Gasteiger partial charge in [0.2, 0.25) is 0 Å². The minimum Gasteiger partial charge on any atom is -0.339 e. The van der Waals surface area contributed by atoms with Crippen molar-refractivity contribution in [3.63, 3.8) is 0 Å². The van der Waals surface area contributed by atoms with Crippen molar-refractivity contribution in [1.29, 1.82) is 0 Å². The maximum Gasteiger partial charge on any atom is 0.125 e. The molecule has 3 rings (SSSR count). The van der Waals surface area contributed by atoms with Crippen molar-refractivity contribution >= 4 is 28.1 Å². The number of aromatic nitrogens is 2. The van der Waals surface area contributed by atoms with Gasteiger partial charge in [0.25, 0.3) is 0 Å². The fourth-order valence-corrected chi connectivity index (χ4v) is 2.64. The lowest BCUT2D eigenvalue weighted by molar-refractivity contribution is -0.107. The van der Waals surface area contributed by atoms with E-state index in [0.717, 1.165) is 33.8 Å². The van der Waals surface area contributed by atoms with Gasteiger partial charge < -0.3 is 9.36 Å². The van der Waals surface area contributed by atoms with Gasteiger partial charge in [-0.25, -0.2) is 0 Å². The van der Waals surface area contributed by atoms with Crippen LogP contribution in [0.4, 0.5) is 4.39 Å². The summed E-state index contributed by atoms with van der Waals surface area (Å²) in [7, 11) is 0. The van der Waals surface area contributed by atoms with Gasteiger partial charge in [0, 0.05) is 34.9 Å². The Morgan fingerprint density at radius 1 is 1.20 bits per heavy atom. The number of benzene rings is 1. The molecule has 20 heavy (non-hydrogen) atoms. The highest BCUT2D eigenvalue weighted by Crippen LogP contribution is 2.29. The number of hydrogen-bond donors (Lipinski definition) is 0. The molecule has 0 aliphatic rings. The molecule has 2 heterocycles. The Morgan fingerprint density at radius 2 is 2.05 bits per heavy atom. The third-order valence-corrected chi connectivity index (χ3v) is 3.52. The molecule has 0 amide bonds. The Balaban J connectivity index is 2.26. The van der Waals surface area contributed by atoms with Crippen LogP contribution in [0.5, 0.6) is 0 Å². The quantitative estimate of drug-likeness (QED) is 0.667. The molecule has 0 unspecified atom stereocenters. The molecule has 0 saturated heterocycles. The third-order valence-electron chi connectivity index (χ3n) is 3.52. The average Bonchev–Trinajstić information content (AvgIpc) is 2.79. The van der Waals surface area contributed by atoms with E-state index in [1.807, 2.05) is 30.3 Å². The second kappa shape index (κ2) is 5.41. The second-order valence-electron chi connectivity index (χ2n) is 4.77. The molecule has 0 aliphatic carbocycles. The van der Waals surface area contributed by atoms with Crippen molar-refractivity contribution in [2.24, 2.45) is 0 Å². The molecule has 0 atom stereocenters. The molecular weight excluding hydrogens is 255 g/mol. The molecule has 0 aliphatic heterocycles. The number of aryl methyl sites for hydroxylation is 1. The van der Waals surface area contributed by atoms with Crippen molar-refractivity contribution in [3.05, 3.63) is 42.2 Å². The lowest BCUT2D eigenvalue weighted by atomic mass is 10.1. The third kappa shape index (κ3) is 2.07. The molecule has 0 N–H and O–H groups in total. The van der Waals surface area contributed by atoms with E-state index in [1.165, 1.54) is 0 Å². The number of halogens is 1. The van der Waals surface area contributed by atoms with E-state index >= 15 is 0 Å². The SMILES string of the molecule is O=CCc1cc2c3ccccc3n(CCCF)c2cn1. The normalized spacial score (nSPS) is 11.2. The van der Waals surface area contributed by atoms with Crippen LogP contribution < -0.4 is 0 Å². The van der Waals surface area contributed by atoms with Crippen molar-refractivity contribution < 1.29 is 9.18 Å². The first-order chi connectivity index (χ1) is 9.85. The molecular formula is C16H15FN2O. The van der Waals surface area contributed by atoms with Crippen LogP contribution in [-0.4, -0.2) is 22.5 Å². The Bertz CT molecular complexity index is 764. The van der Waals surface area contributed by atoms with Gasteiger partial charge in [-0.05, 0) is 18.6 Å². The summed E-state index contributed by atoms with van der Waals surface area (Å²) in [6.45, 7) is 0.305. The van der Waals surface area contributed by atoms with E-state index in [9.17, 15) is 9.18 Å². The largest absolute Gasteiger partial charge is 0.339 e. The number of pyridine rings is 1. The van der Waals surface area contributed by atoms with Crippen LogP contribution in [0.3, 0.4) is 0 Å². The van der Waals surface area contributed by atoms with Gasteiger partial charge >= 0.3 is 0 Å². The van der Waals surface area contributed by atoms with Crippen LogP contribution in [-0.2, 0) is 17.8 Å². The molecule has 4 heteroatoms. The molecule has 0 radical (unpaired) electrons. The molecule has 0 saturated carbocycles. The van der Waals surface area contributed by atoms with Gasteiger partial charge in [-0.15, -0.1) is 0 Å². The second-order valence-corrected chi connectivity index (χ2v) is 4.77. The zero-order chi connectivity index (χ0) is 13.9. The fourth-order valence-electron chi connectivity index (χ4n) is 2.64. The molecule has 102 valence electrons. The van der Waals surface area contributed by atoms with Crippen molar-refractivity contribution in [2.45, 2.75) is 19.4 Å². The highest BCUT2D eigenvalue weighted by atomic mass is 19.1. The average molecular weight is 270 g/mol. The molecule has 0 fully saturated rings. The lowest BCUT2D eigenvalue weighted by Crippen LogP contribution is -1.99. The molecule has 0 spiro atoms. The first kappa shape index (κ1) is 12.8. The maximum atomic E-state index is 12.5. The van der Waals surface area contributed by atoms with E-state index in [2.05, 4.69) is 9.55 Å². The van der Waals surface area contributed by atoms with Gasteiger partial charge in [0.15, 0.2) is 0 Å². The van der Waals surface area contributed by atoms with Crippen molar-refractivity contribution in [1.82, 2.24) is 9.55 Å².